The number of amidine groups is 2. The van der Waals surface area contributed by atoms with Gasteiger partial charge in [-0.05, 0) is 33.9 Å². The maximum Gasteiger partial charge on any atom is 0.205 e. The lowest BCUT2D eigenvalue weighted by Gasteiger charge is -2.25. The van der Waals surface area contributed by atoms with Crippen LogP contribution in [0.4, 0.5) is 0 Å². The predicted molar refractivity (Wildman–Crippen MR) is 226 cm³/mol. The summed E-state index contributed by atoms with van der Waals surface area (Å²) in [5.74, 6) is -12.3. The van der Waals surface area contributed by atoms with Crippen molar-refractivity contribution in [3.63, 3.8) is 0 Å². The second-order valence-corrected chi connectivity index (χ2v) is 14.9. The van der Waals surface area contributed by atoms with Crippen LogP contribution in [0.5, 0.6) is 63.2 Å². The van der Waals surface area contributed by atoms with Crippen LogP contribution in [0.25, 0.3) is 53.6 Å². The first-order valence-corrected chi connectivity index (χ1v) is 18.9. The van der Waals surface area contributed by atoms with Gasteiger partial charge < -0.3 is 61.5 Å². The number of benzene rings is 7. The molecule has 298 valence electrons. The zero-order valence-corrected chi connectivity index (χ0v) is 31.5. The van der Waals surface area contributed by atoms with E-state index in [4.69, 9.17) is 4.99 Å². The number of hydrogen-bond acceptors (Lipinski definition) is 15. The molecule has 9 rings (SSSR count). The van der Waals surface area contributed by atoms with Gasteiger partial charge in [-0.3, -0.25) is 0 Å². The van der Waals surface area contributed by atoms with Crippen molar-refractivity contribution in [2.24, 2.45) is 9.98 Å². The molecule has 0 aliphatic carbocycles. The fraction of sp³-hybridized carbons (Fsp3) is 0.0222. The summed E-state index contributed by atoms with van der Waals surface area (Å²) < 4.78 is -0.682. The molecular formula is C45H31N3O11S. The second kappa shape index (κ2) is 14.0. The van der Waals surface area contributed by atoms with E-state index in [1.807, 2.05) is 109 Å². The zero-order valence-electron chi connectivity index (χ0n) is 30.7. The molecule has 1 unspecified atom stereocenters. The molecular weight excluding hydrogens is 791 g/mol. The van der Waals surface area contributed by atoms with E-state index in [9.17, 15) is 56.2 Å². The molecule has 1 aliphatic heterocycles. The molecule has 1 aliphatic rings. The maximum absolute atomic E-state index is 12.1. The number of nitrogens with one attached hydrogen (secondary N) is 1. The molecule has 2 heterocycles. The van der Waals surface area contributed by atoms with E-state index in [2.05, 4.69) is 10.3 Å². The van der Waals surface area contributed by atoms with Crippen molar-refractivity contribution in [2.45, 2.75) is 6.17 Å². The monoisotopic (exact) mass is 821 g/mol. The van der Waals surface area contributed by atoms with E-state index in [0.29, 0.717) is 22.5 Å². The molecule has 1 atom stereocenters. The Balaban J connectivity index is 1.28. The Kier molecular flexibility index (Phi) is 8.68. The standard InChI is InChI=1S/C45H31N3O11S/c49-30-25(26-32(51)37(56)33(52)27-28-34(53)38(57)39(58)40(59)42(28)60-41(26)27)31(50)36(55)35(54)29(30)45-47-43(22-16-14-21(15-17-22)19-8-3-1-4-9-19)46-44(48-45)24-13-7-12-23(18-24)20-10-5-2-6-11-20/h1-18,44,49-59H,(H,46,47,48). The van der Waals surface area contributed by atoms with Gasteiger partial charge in [0.15, 0.2) is 40.3 Å². The molecule has 0 fully saturated rings. The van der Waals surface area contributed by atoms with Gasteiger partial charge in [-0.1, -0.05) is 103 Å². The summed E-state index contributed by atoms with van der Waals surface area (Å²) in [6, 6.07) is 34.1. The first kappa shape index (κ1) is 37.3. The van der Waals surface area contributed by atoms with Gasteiger partial charge >= 0.3 is 0 Å². The van der Waals surface area contributed by atoms with Gasteiger partial charge in [0, 0.05) is 5.56 Å². The Morgan fingerprint density at radius 3 is 1.53 bits per heavy atom. The van der Waals surface area contributed by atoms with Crippen LogP contribution in [0.15, 0.2) is 119 Å². The van der Waals surface area contributed by atoms with Crippen molar-refractivity contribution in [1.82, 2.24) is 5.32 Å². The normalized spacial score (nSPS) is 13.9. The Bertz CT molecular complexity index is 3130. The number of nitrogens with zero attached hydrogens (tertiary/aromatic N) is 2. The van der Waals surface area contributed by atoms with E-state index < -0.39 is 96.9 Å². The molecule has 14 nitrogen and oxygen atoms in total. The topological polar surface area (TPSA) is 259 Å². The molecule has 0 bridgehead atoms. The predicted octanol–water partition coefficient (Wildman–Crippen LogP) is 8.31. The summed E-state index contributed by atoms with van der Waals surface area (Å²) in [6.45, 7) is 0. The summed E-state index contributed by atoms with van der Waals surface area (Å²) >= 11 is 0.501. The first-order valence-electron chi connectivity index (χ1n) is 18.1. The van der Waals surface area contributed by atoms with Crippen LogP contribution in [-0.2, 0) is 0 Å². The molecule has 15 heteroatoms. The molecule has 0 saturated carbocycles. The fourth-order valence-corrected chi connectivity index (χ4v) is 8.66. The summed E-state index contributed by atoms with van der Waals surface area (Å²) in [5, 5.41) is 124. The maximum atomic E-state index is 12.1. The lowest BCUT2D eigenvalue weighted by molar-refractivity contribution is 0.351. The van der Waals surface area contributed by atoms with E-state index in [1.165, 1.54) is 0 Å². The Hall–Kier alpha value is -8.30. The summed E-state index contributed by atoms with van der Waals surface area (Å²) in [5.41, 5.74) is 2.77. The number of aromatic hydroxyl groups is 11. The lowest BCUT2D eigenvalue weighted by Crippen LogP contribution is -2.33. The van der Waals surface area contributed by atoms with Crippen molar-refractivity contribution in [2.75, 3.05) is 0 Å². The largest absolute Gasteiger partial charge is 0.506 e. The lowest BCUT2D eigenvalue weighted by atomic mass is 9.94. The summed E-state index contributed by atoms with van der Waals surface area (Å²) in [7, 11) is 0. The zero-order chi connectivity index (χ0) is 42.1. The molecule has 0 spiro atoms. The van der Waals surface area contributed by atoms with Crippen molar-refractivity contribution >= 4 is 43.2 Å². The van der Waals surface area contributed by atoms with Crippen molar-refractivity contribution in [3.8, 4) is 96.6 Å². The van der Waals surface area contributed by atoms with Crippen LogP contribution < -0.4 is 5.32 Å². The number of aliphatic imine (C=N–C) groups is 2. The Morgan fingerprint density at radius 2 is 0.883 bits per heavy atom. The SMILES string of the molecule is Oc1c(O)c(C2=NC(c3cccc(-c4ccccc4)c3)NC(c3ccc(-c4ccccc4)cc3)=N2)c(O)c(-c2c(O)c(O)c(O)c3c2sc2c(O)c(O)c(O)c(O)c23)c1O. The summed E-state index contributed by atoms with van der Waals surface area (Å²) in [4.78, 5) is 9.43. The van der Waals surface area contributed by atoms with Crippen LogP contribution >= 0.6 is 11.3 Å². The van der Waals surface area contributed by atoms with Gasteiger partial charge in [0.2, 0.25) is 23.0 Å². The van der Waals surface area contributed by atoms with Crippen LogP contribution in [0.1, 0.15) is 22.9 Å². The highest BCUT2D eigenvalue weighted by atomic mass is 32.1. The molecule has 1 aromatic heterocycles. The number of fused-ring (bicyclic) bond motifs is 3. The smallest absolute Gasteiger partial charge is 0.205 e. The quantitative estimate of drug-likeness (QED) is 0.0558. The van der Waals surface area contributed by atoms with Gasteiger partial charge in [-0.15, -0.1) is 11.3 Å². The molecule has 0 amide bonds. The fourth-order valence-electron chi connectivity index (χ4n) is 7.36. The third-order valence-electron chi connectivity index (χ3n) is 10.4. The van der Waals surface area contributed by atoms with Gasteiger partial charge in [0.1, 0.15) is 23.3 Å². The summed E-state index contributed by atoms with van der Waals surface area (Å²) in [6.07, 6.45) is -0.935. The first-order chi connectivity index (χ1) is 28.8. The Labute approximate surface area is 342 Å². The van der Waals surface area contributed by atoms with Gasteiger partial charge in [-0.25, -0.2) is 9.98 Å². The number of phenolic OH excluding ortho intramolecular Hbond substituents is 11. The van der Waals surface area contributed by atoms with Crippen LogP contribution in [-0.4, -0.2) is 67.8 Å². The van der Waals surface area contributed by atoms with E-state index in [1.54, 1.807) is 0 Å². The van der Waals surface area contributed by atoms with Crippen molar-refractivity contribution < 1.29 is 56.2 Å². The molecule has 12 N–H and O–H groups in total. The highest BCUT2D eigenvalue weighted by Gasteiger charge is 2.36. The number of hydrogen-bond donors (Lipinski definition) is 12. The minimum Gasteiger partial charge on any atom is -0.506 e. The van der Waals surface area contributed by atoms with Crippen LogP contribution in [0.2, 0.25) is 0 Å². The Morgan fingerprint density at radius 1 is 0.400 bits per heavy atom. The third-order valence-corrected chi connectivity index (χ3v) is 11.6. The van der Waals surface area contributed by atoms with E-state index >= 15 is 0 Å². The average molecular weight is 822 g/mol. The molecule has 0 radical (unpaired) electrons. The van der Waals surface area contributed by atoms with Crippen LogP contribution in [0.3, 0.4) is 0 Å². The van der Waals surface area contributed by atoms with Gasteiger partial charge in [-0.2, -0.15) is 0 Å². The highest BCUT2D eigenvalue weighted by Crippen LogP contribution is 2.63. The third kappa shape index (κ3) is 5.71. The van der Waals surface area contributed by atoms with E-state index in [0.717, 1.165) is 22.3 Å². The minimum absolute atomic E-state index is 0.227. The molecule has 60 heavy (non-hydrogen) atoms. The highest BCUT2D eigenvalue weighted by molar-refractivity contribution is 7.27. The van der Waals surface area contributed by atoms with Gasteiger partial charge in [0.25, 0.3) is 0 Å². The van der Waals surface area contributed by atoms with Crippen molar-refractivity contribution in [1.29, 1.82) is 0 Å². The number of phenols is 11. The molecule has 0 saturated heterocycles. The minimum atomic E-state index is -1.23. The van der Waals surface area contributed by atoms with E-state index in [-0.39, 0.29) is 21.1 Å². The van der Waals surface area contributed by atoms with Crippen LogP contribution in [0, 0.1) is 0 Å². The second-order valence-electron chi connectivity index (χ2n) is 13.9. The number of rotatable bonds is 6. The van der Waals surface area contributed by atoms with Gasteiger partial charge in [0.05, 0.1) is 31.3 Å². The number of thiophene rings is 1. The molecule has 7 aromatic carbocycles. The molecule has 8 aromatic rings. The average Bonchev–Trinajstić information content (AvgIpc) is 3.69. The van der Waals surface area contributed by atoms with Crippen molar-refractivity contribution in [3.05, 3.63) is 126 Å².